The first-order valence-corrected chi connectivity index (χ1v) is 9.93. The van der Waals surface area contributed by atoms with Crippen LogP contribution in [0.5, 0.6) is 5.75 Å². The van der Waals surface area contributed by atoms with E-state index in [0.29, 0.717) is 34.9 Å². The summed E-state index contributed by atoms with van der Waals surface area (Å²) in [6, 6.07) is 11.0. The molecule has 1 aromatic heterocycles. The van der Waals surface area contributed by atoms with Gasteiger partial charge in [0.1, 0.15) is 17.1 Å². The number of fused-ring (bicyclic) bond motifs is 1. The zero-order chi connectivity index (χ0) is 21.1. The molecule has 2 heterocycles. The maximum Gasteiger partial charge on any atom is 0.256 e. The molecule has 4 rings (SSSR count). The fourth-order valence-corrected chi connectivity index (χ4v) is 3.49. The molecule has 0 radical (unpaired) electrons. The van der Waals surface area contributed by atoms with Crippen LogP contribution in [0.1, 0.15) is 23.2 Å². The standard InChI is InChI=1S/C22H20ClFN2O4/c1-28-19-6-2-4-13-10-16(21(27)25-12-15-5-3-9-29-15)22(30-20(13)19)26-18-11-14(23)7-8-17(18)24/h2,4,6-8,10-11,15H,3,5,9,12H2,1H3,(H,25,27)/t15-/m0/s1. The van der Waals surface area contributed by atoms with Crippen LogP contribution >= 0.6 is 11.6 Å². The summed E-state index contributed by atoms with van der Waals surface area (Å²) in [6.07, 6.45) is 1.85. The summed E-state index contributed by atoms with van der Waals surface area (Å²) in [5.74, 6) is -0.498. The van der Waals surface area contributed by atoms with E-state index in [1.807, 2.05) is 0 Å². The molecule has 156 valence electrons. The number of rotatable bonds is 5. The molecule has 3 aromatic rings. The lowest BCUT2D eigenvalue weighted by Crippen LogP contribution is -2.34. The van der Waals surface area contributed by atoms with Crippen molar-refractivity contribution in [2.24, 2.45) is 4.99 Å². The van der Waals surface area contributed by atoms with E-state index in [1.54, 1.807) is 24.3 Å². The Morgan fingerprint density at radius 1 is 1.33 bits per heavy atom. The predicted octanol–water partition coefficient (Wildman–Crippen LogP) is 4.38. The molecule has 8 heteroatoms. The van der Waals surface area contributed by atoms with Crippen LogP contribution in [-0.4, -0.2) is 32.3 Å². The highest BCUT2D eigenvalue weighted by Crippen LogP contribution is 2.26. The first-order valence-electron chi connectivity index (χ1n) is 9.55. The van der Waals surface area contributed by atoms with Crippen LogP contribution in [0.4, 0.5) is 10.1 Å². The molecule has 0 aliphatic carbocycles. The molecule has 0 bridgehead atoms. The summed E-state index contributed by atoms with van der Waals surface area (Å²) in [4.78, 5) is 17.2. The molecule has 0 saturated carbocycles. The molecule has 1 aliphatic heterocycles. The predicted molar refractivity (Wildman–Crippen MR) is 111 cm³/mol. The highest BCUT2D eigenvalue weighted by molar-refractivity contribution is 6.30. The molecule has 6 nitrogen and oxygen atoms in total. The quantitative estimate of drug-likeness (QED) is 0.652. The zero-order valence-electron chi connectivity index (χ0n) is 16.3. The minimum absolute atomic E-state index is 0.0165. The zero-order valence-corrected chi connectivity index (χ0v) is 17.0. The topological polar surface area (TPSA) is 73.1 Å². The van der Waals surface area contributed by atoms with Crippen molar-refractivity contribution in [3.8, 4) is 5.75 Å². The number of para-hydroxylation sites is 1. The Labute approximate surface area is 177 Å². The van der Waals surface area contributed by atoms with Crippen LogP contribution in [0.25, 0.3) is 11.0 Å². The van der Waals surface area contributed by atoms with Gasteiger partial charge in [-0.2, -0.15) is 0 Å². The normalized spacial score (nSPS) is 16.8. The molecule has 1 saturated heterocycles. The molecular weight excluding hydrogens is 411 g/mol. The van der Waals surface area contributed by atoms with Gasteiger partial charge in [-0.05, 0) is 43.2 Å². The van der Waals surface area contributed by atoms with Gasteiger partial charge in [0.15, 0.2) is 11.3 Å². The van der Waals surface area contributed by atoms with Crippen molar-refractivity contribution in [3.05, 3.63) is 64.4 Å². The number of carbonyl (C=O) groups is 1. The molecular formula is C22H20ClFN2O4. The van der Waals surface area contributed by atoms with Crippen molar-refractivity contribution < 1.29 is 23.1 Å². The van der Waals surface area contributed by atoms with Crippen molar-refractivity contribution in [1.29, 1.82) is 0 Å². The number of amides is 1. The lowest BCUT2D eigenvalue weighted by molar-refractivity contribution is 0.0854. The van der Waals surface area contributed by atoms with Gasteiger partial charge in [-0.3, -0.25) is 4.79 Å². The summed E-state index contributed by atoms with van der Waals surface area (Å²) in [5.41, 5.74) is 0.497. The van der Waals surface area contributed by atoms with Crippen LogP contribution in [-0.2, 0) is 4.74 Å². The maximum atomic E-state index is 14.3. The summed E-state index contributed by atoms with van der Waals surface area (Å²) >= 11 is 5.98. The van der Waals surface area contributed by atoms with Crippen molar-refractivity contribution in [2.75, 3.05) is 20.3 Å². The minimum Gasteiger partial charge on any atom is -0.493 e. The van der Waals surface area contributed by atoms with Gasteiger partial charge in [-0.15, -0.1) is 0 Å². The molecule has 30 heavy (non-hydrogen) atoms. The van der Waals surface area contributed by atoms with Crippen LogP contribution in [0.2, 0.25) is 5.02 Å². The fraction of sp³-hybridized carbons (Fsp3) is 0.273. The number of halogens is 2. The summed E-state index contributed by atoms with van der Waals surface area (Å²) < 4.78 is 31.1. The summed E-state index contributed by atoms with van der Waals surface area (Å²) in [7, 11) is 1.51. The summed E-state index contributed by atoms with van der Waals surface area (Å²) in [5, 5.41) is 3.82. The van der Waals surface area contributed by atoms with E-state index in [0.717, 1.165) is 12.8 Å². The number of methoxy groups -OCH3 is 1. The Balaban J connectivity index is 1.82. The third-order valence-electron chi connectivity index (χ3n) is 4.85. The molecule has 0 unspecified atom stereocenters. The number of hydrogen-bond donors (Lipinski definition) is 1. The highest BCUT2D eigenvalue weighted by atomic mass is 35.5. The average molecular weight is 431 g/mol. The lowest BCUT2D eigenvalue weighted by atomic mass is 10.1. The van der Waals surface area contributed by atoms with Crippen LogP contribution in [0.15, 0.2) is 51.9 Å². The second-order valence-corrected chi connectivity index (χ2v) is 7.33. The van der Waals surface area contributed by atoms with Gasteiger partial charge in [0, 0.05) is 23.6 Å². The number of ether oxygens (including phenoxy) is 2. The maximum absolute atomic E-state index is 14.3. The number of hydrogen-bond acceptors (Lipinski definition) is 5. The number of benzene rings is 2. The molecule has 0 spiro atoms. The average Bonchev–Trinajstić information content (AvgIpc) is 3.27. The van der Waals surface area contributed by atoms with Gasteiger partial charge in [-0.25, -0.2) is 9.38 Å². The minimum atomic E-state index is -0.583. The van der Waals surface area contributed by atoms with E-state index >= 15 is 0 Å². The van der Waals surface area contributed by atoms with Gasteiger partial charge in [0.25, 0.3) is 5.91 Å². The van der Waals surface area contributed by atoms with Gasteiger partial charge in [0.2, 0.25) is 5.55 Å². The first kappa shape index (κ1) is 20.4. The second kappa shape index (κ2) is 8.85. The van der Waals surface area contributed by atoms with E-state index in [9.17, 15) is 9.18 Å². The lowest BCUT2D eigenvalue weighted by Gasteiger charge is -2.12. The van der Waals surface area contributed by atoms with Crippen molar-refractivity contribution in [2.45, 2.75) is 18.9 Å². The Morgan fingerprint density at radius 3 is 2.97 bits per heavy atom. The van der Waals surface area contributed by atoms with E-state index < -0.39 is 5.82 Å². The van der Waals surface area contributed by atoms with Gasteiger partial charge < -0.3 is 19.2 Å². The summed E-state index contributed by atoms with van der Waals surface area (Å²) in [6.45, 7) is 1.07. The SMILES string of the molecule is COc1cccc2cc(C(=O)NC[C@@H]3CCCO3)c(=Nc3cc(Cl)ccc3F)oc12. The second-order valence-electron chi connectivity index (χ2n) is 6.90. The largest absolute Gasteiger partial charge is 0.493 e. The number of carbonyl (C=O) groups excluding carboxylic acids is 1. The Morgan fingerprint density at radius 2 is 2.20 bits per heavy atom. The van der Waals surface area contributed by atoms with Gasteiger partial charge in [-0.1, -0.05) is 23.7 Å². The van der Waals surface area contributed by atoms with Crippen molar-refractivity contribution in [1.82, 2.24) is 5.32 Å². The third-order valence-corrected chi connectivity index (χ3v) is 5.08. The van der Waals surface area contributed by atoms with Crippen LogP contribution in [0, 0.1) is 5.82 Å². The molecule has 1 fully saturated rings. The van der Waals surface area contributed by atoms with Crippen molar-refractivity contribution >= 4 is 34.2 Å². The molecule has 2 aromatic carbocycles. The molecule has 1 aliphatic rings. The van der Waals surface area contributed by atoms with E-state index in [1.165, 1.54) is 25.3 Å². The fourth-order valence-electron chi connectivity index (χ4n) is 3.32. The monoisotopic (exact) mass is 430 g/mol. The van der Waals surface area contributed by atoms with Crippen LogP contribution in [0.3, 0.4) is 0 Å². The molecule has 1 amide bonds. The molecule has 1 atom stereocenters. The first-order chi connectivity index (χ1) is 14.5. The highest BCUT2D eigenvalue weighted by Gasteiger charge is 2.19. The molecule has 1 N–H and O–H groups in total. The van der Waals surface area contributed by atoms with Gasteiger partial charge in [0.05, 0.1) is 13.2 Å². The van der Waals surface area contributed by atoms with Crippen molar-refractivity contribution in [3.63, 3.8) is 0 Å². The number of nitrogens with zero attached hydrogens (tertiary/aromatic N) is 1. The van der Waals surface area contributed by atoms with Crippen LogP contribution < -0.4 is 15.6 Å². The van der Waals surface area contributed by atoms with E-state index in [4.69, 9.17) is 25.5 Å². The third kappa shape index (κ3) is 4.32. The van der Waals surface area contributed by atoms with Gasteiger partial charge >= 0.3 is 0 Å². The Kier molecular flexibility index (Phi) is 6.01. The smallest absolute Gasteiger partial charge is 0.256 e. The number of nitrogens with one attached hydrogen (secondary N) is 1. The Bertz CT molecular complexity index is 1160. The van der Waals surface area contributed by atoms with E-state index in [2.05, 4.69) is 10.3 Å². The van der Waals surface area contributed by atoms with E-state index in [-0.39, 0.29) is 28.8 Å². The Hall–Kier alpha value is -2.90.